The number of rotatable bonds is 3. The highest BCUT2D eigenvalue weighted by atomic mass is 16.3. The predicted molar refractivity (Wildman–Crippen MR) is 96.6 cm³/mol. The summed E-state index contributed by atoms with van der Waals surface area (Å²) in [6.07, 6.45) is 9.13. The fraction of sp³-hybridized carbons (Fsp3) is 1.00. The molecule has 8 atom stereocenters. The number of fused-ring (bicyclic) bond motifs is 5. The van der Waals surface area contributed by atoms with E-state index in [0.717, 1.165) is 24.3 Å². The Balaban J connectivity index is 1.58. The largest absolute Gasteiger partial charge is 0.395 e. The number of likely N-dealkylation sites (tertiary alicyclic amines) is 1. The Kier molecular flexibility index (Phi) is 4.29. The zero-order valence-corrected chi connectivity index (χ0v) is 15.9. The molecular weight excluding hydrogens is 298 g/mol. The third-order valence-corrected chi connectivity index (χ3v) is 9.24. The molecule has 0 aromatic carbocycles. The minimum absolute atomic E-state index is 0.144. The number of β-amino-alcohol motifs (C(OH)–C–C–N with tert-alkyl or cyclic N) is 1. The highest BCUT2D eigenvalue weighted by Crippen LogP contribution is 2.66. The second-order valence-corrected chi connectivity index (χ2v) is 9.95. The Morgan fingerprint density at radius 3 is 2.46 bits per heavy atom. The molecule has 1 heterocycles. The Morgan fingerprint density at radius 1 is 1.00 bits per heavy atom. The Hall–Kier alpha value is -0.120. The number of hydrogen-bond acceptors (Lipinski definition) is 3. The van der Waals surface area contributed by atoms with Crippen LogP contribution < -0.4 is 0 Å². The molecule has 1 saturated heterocycles. The lowest BCUT2D eigenvalue weighted by molar-refractivity contribution is -0.0951. The maximum atomic E-state index is 10.3. The number of nitrogens with zero attached hydrogens (tertiary/aromatic N) is 1. The molecule has 3 heteroatoms. The molecule has 0 aromatic heterocycles. The van der Waals surface area contributed by atoms with Crippen LogP contribution in [0, 0.1) is 34.5 Å². The monoisotopic (exact) mass is 335 g/mol. The molecule has 4 rings (SSSR count). The van der Waals surface area contributed by atoms with Crippen LogP contribution >= 0.6 is 0 Å². The lowest BCUT2D eigenvalue weighted by Crippen LogP contribution is -2.55. The van der Waals surface area contributed by atoms with Gasteiger partial charge < -0.3 is 10.2 Å². The molecule has 0 spiro atoms. The number of aliphatic hydroxyl groups excluding tert-OH is 2. The molecule has 0 amide bonds. The Labute approximate surface area is 147 Å². The lowest BCUT2D eigenvalue weighted by atomic mass is 9.48. The van der Waals surface area contributed by atoms with Crippen molar-refractivity contribution in [3.05, 3.63) is 0 Å². The normalized spacial score (nSPS) is 52.6. The summed E-state index contributed by atoms with van der Waals surface area (Å²) in [5, 5.41) is 19.7. The minimum atomic E-state index is -0.144. The van der Waals surface area contributed by atoms with Gasteiger partial charge in [0.2, 0.25) is 0 Å². The summed E-state index contributed by atoms with van der Waals surface area (Å²) in [7, 11) is 0. The van der Waals surface area contributed by atoms with Crippen molar-refractivity contribution in [2.75, 3.05) is 19.7 Å². The smallest absolute Gasteiger partial charge is 0.0558 e. The van der Waals surface area contributed by atoms with Crippen molar-refractivity contribution in [2.45, 2.75) is 77.9 Å². The topological polar surface area (TPSA) is 43.7 Å². The van der Waals surface area contributed by atoms with E-state index in [9.17, 15) is 10.2 Å². The van der Waals surface area contributed by atoms with Gasteiger partial charge in [0.1, 0.15) is 0 Å². The molecule has 24 heavy (non-hydrogen) atoms. The van der Waals surface area contributed by atoms with Crippen LogP contribution in [0.3, 0.4) is 0 Å². The number of aliphatic hydroxyl groups is 2. The van der Waals surface area contributed by atoms with Gasteiger partial charge in [-0.1, -0.05) is 13.8 Å². The minimum Gasteiger partial charge on any atom is -0.395 e. The van der Waals surface area contributed by atoms with E-state index < -0.39 is 0 Å². The van der Waals surface area contributed by atoms with Crippen molar-refractivity contribution in [1.82, 2.24) is 4.90 Å². The van der Waals surface area contributed by atoms with Crippen molar-refractivity contribution in [3.63, 3.8) is 0 Å². The van der Waals surface area contributed by atoms with Gasteiger partial charge in [0.05, 0.1) is 12.7 Å². The molecule has 3 nitrogen and oxygen atoms in total. The van der Waals surface area contributed by atoms with Crippen LogP contribution in [0.5, 0.6) is 0 Å². The van der Waals surface area contributed by atoms with Crippen LogP contribution in [-0.2, 0) is 0 Å². The third-order valence-electron chi connectivity index (χ3n) is 9.24. The molecule has 4 aliphatic rings. The first-order valence-corrected chi connectivity index (χ1v) is 10.4. The predicted octanol–water partition coefficient (Wildman–Crippen LogP) is 3.29. The molecule has 138 valence electrons. The first-order valence-electron chi connectivity index (χ1n) is 10.4. The van der Waals surface area contributed by atoms with Crippen molar-refractivity contribution in [1.29, 1.82) is 0 Å². The van der Waals surface area contributed by atoms with Crippen LogP contribution in [0.2, 0.25) is 0 Å². The molecule has 1 aliphatic heterocycles. The summed E-state index contributed by atoms with van der Waals surface area (Å²) < 4.78 is 0. The van der Waals surface area contributed by atoms with Crippen LogP contribution in [0.1, 0.15) is 65.7 Å². The van der Waals surface area contributed by atoms with E-state index in [0.29, 0.717) is 29.4 Å². The molecule has 0 radical (unpaired) electrons. The van der Waals surface area contributed by atoms with Gasteiger partial charge in [-0.15, -0.1) is 0 Å². The van der Waals surface area contributed by atoms with E-state index in [1.165, 1.54) is 51.5 Å². The highest BCUT2D eigenvalue weighted by molar-refractivity contribution is 5.12. The second kappa shape index (κ2) is 5.96. The first kappa shape index (κ1) is 17.3. The fourth-order valence-electron chi connectivity index (χ4n) is 8.16. The lowest BCUT2D eigenvalue weighted by Gasteiger charge is -2.58. The maximum absolute atomic E-state index is 10.3. The zero-order valence-electron chi connectivity index (χ0n) is 15.9. The van der Waals surface area contributed by atoms with Crippen LogP contribution in [0.4, 0.5) is 0 Å². The Morgan fingerprint density at radius 2 is 1.75 bits per heavy atom. The van der Waals surface area contributed by atoms with Crippen molar-refractivity contribution in [3.8, 4) is 0 Å². The fourth-order valence-corrected chi connectivity index (χ4v) is 8.16. The third kappa shape index (κ3) is 2.27. The van der Waals surface area contributed by atoms with Gasteiger partial charge in [-0.25, -0.2) is 0 Å². The van der Waals surface area contributed by atoms with E-state index in [-0.39, 0.29) is 6.10 Å². The summed E-state index contributed by atoms with van der Waals surface area (Å²) in [6.45, 7) is 9.44. The molecule has 4 fully saturated rings. The summed E-state index contributed by atoms with van der Waals surface area (Å²) in [5.74, 6) is 3.09. The summed E-state index contributed by atoms with van der Waals surface area (Å²) in [6, 6.07) is 0.698. The molecule has 3 aliphatic carbocycles. The second-order valence-electron chi connectivity index (χ2n) is 9.95. The van der Waals surface area contributed by atoms with Crippen LogP contribution in [0.15, 0.2) is 0 Å². The van der Waals surface area contributed by atoms with Crippen molar-refractivity contribution < 1.29 is 10.2 Å². The van der Waals surface area contributed by atoms with Crippen molar-refractivity contribution >= 4 is 0 Å². The summed E-state index contributed by atoms with van der Waals surface area (Å²) in [4.78, 5) is 2.58. The van der Waals surface area contributed by atoms with Gasteiger partial charge in [0.15, 0.2) is 0 Å². The van der Waals surface area contributed by atoms with Crippen LogP contribution in [0.25, 0.3) is 0 Å². The van der Waals surface area contributed by atoms with E-state index in [2.05, 4.69) is 18.7 Å². The SMILES string of the molecule is C[C@@H](O)[C@H]1CC[C@@H]2[C@H]3CC[C@@H]4N(CCO)CC[C@]4(C)[C@@H]3CC[C@@]21C. The molecule has 0 bridgehead atoms. The van der Waals surface area contributed by atoms with Crippen molar-refractivity contribution in [2.24, 2.45) is 34.5 Å². The number of hydrogen-bond donors (Lipinski definition) is 2. The van der Waals surface area contributed by atoms with Gasteiger partial charge >= 0.3 is 0 Å². The molecule has 0 unspecified atom stereocenters. The molecule has 3 saturated carbocycles. The van der Waals surface area contributed by atoms with E-state index >= 15 is 0 Å². The Bertz CT molecular complexity index is 480. The van der Waals surface area contributed by atoms with Gasteiger partial charge in [0.25, 0.3) is 0 Å². The van der Waals surface area contributed by atoms with E-state index in [1.807, 2.05) is 6.92 Å². The van der Waals surface area contributed by atoms with Crippen LogP contribution in [-0.4, -0.2) is 47.0 Å². The first-order chi connectivity index (χ1) is 11.4. The maximum Gasteiger partial charge on any atom is 0.0558 e. The average molecular weight is 336 g/mol. The van der Waals surface area contributed by atoms with Gasteiger partial charge in [-0.2, -0.15) is 0 Å². The summed E-state index contributed by atoms with van der Waals surface area (Å²) >= 11 is 0. The standard InChI is InChI=1S/C21H37NO2/c1-14(24)16-5-6-17-15-4-7-19-21(3,10-11-22(19)12-13-23)18(15)8-9-20(16,17)2/h14-19,23-24H,4-13H2,1-3H3/t14-,15-,16-,17-,18-,19+,20-,21-/m1/s1. The zero-order chi connectivity index (χ0) is 17.1. The molecular formula is C21H37NO2. The average Bonchev–Trinajstić information content (AvgIpc) is 3.05. The van der Waals surface area contributed by atoms with Gasteiger partial charge in [0, 0.05) is 12.6 Å². The quantitative estimate of drug-likeness (QED) is 0.832. The van der Waals surface area contributed by atoms with Gasteiger partial charge in [-0.05, 0) is 92.9 Å². The van der Waals surface area contributed by atoms with Gasteiger partial charge in [-0.3, -0.25) is 4.90 Å². The highest BCUT2D eigenvalue weighted by Gasteiger charge is 2.61. The van der Waals surface area contributed by atoms with E-state index in [4.69, 9.17) is 0 Å². The van der Waals surface area contributed by atoms with E-state index in [1.54, 1.807) is 0 Å². The molecule has 0 aromatic rings. The summed E-state index contributed by atoms with van der Waals surface area (Å²) in [5.41, 5.74) is 0.838. The molecule has 2 N–H and O–H groups in total.